The fraction of sp³-hybridized carbons (Fsp3) is 0.619. The lowest BCUT2D eigenvalue weighted by Crippen LogP contribution is -2.53. The third-order valence-corrected chi connectivity index (χ3v) is 7.37. The van der Waals surface area contributed by atoms with Gasteiger partial charge in [-0.2, -0.15) is 0 Å². The summed E-state index contributed by atoms with van der Waals surface area (Å²) in [5, 5.41) is 3.04. The lowest BCUT2D eigenvalue weighted by atomic mass is 9.48. The Hall–Kier alpha value is -1.36. The molecule has 2 amide bonds. The maximum Gasteiger partial charge on any atom is 0.253 e. The summed E-state index contributed by atoms with van der Waals surface area (Å²) in [5.74, 6) is 1.59. The molecule has 4 fully saturated rings. The molecule has 4 saturated carbocycles. The predicted octanol–water partition coefficient (Wildman–Crippen LogP) is 4.45. The van der Waals surface area contributed by atoms with E-state index in [0.29, 0.717) is 17.7 Å². The van der Waals surface area contributed by atoms with Crippen LogP contribution in [0.3, 0.4) is 0 Å². The molecule has 0 spiro atoms. The summed E-state index contributed by atoms with van der Waals surface area (Å²) in [7, 11) is 3.47. The van der Waals surface area contributed by atoms with E-state index < -0.39 is 0 Å². The molecule has 1 aromatic rings. The molecule has 4 bridgehead atoms. The highest BCUT2D eigenvalue weighted by atomic mass is 79.9. The standard InChI is InChI=1S/C21H27BrN2O2/c1-24(2)19(26)16-4-3-5-17(7-16)23-18(25)12-20-8-14-6-15(9-20)11-21(22,10-14)13-20/h3-5,7,14-15H,6,8-13H2,1-2H3,(H,23,25). The molecular formula is C21H27BrN2O2. The second-order valence-corrected chi connectivity index (χ2v) is 10.8. The molecule has 1 N–H and O–H groups in total. The first kappa shape index (κ1) is 18.0. The average molecular weight is 419 g/mol. The summed E-state index contributed by atoms with van der Waals surface area (Å²) in [6, 6.07) is 7.23. The molecule has 0 saturated heterocycles. The van der Waals surface area contributed by atoms with Crippen molar-refractivity contribution in [1.29, 1.82) is 0 Å². The van der Waals surface area contributed by atoms with Crippen molar-refractivity contribution < 1.29 is 9.59 Å². The number of benzene rings is 1. The Morgan fingerprint density at radius 3 is 2.50 bits per heavy atom. The van der Waals surface area contributed by atoms with E-state index in [1.54, 1.807) is 31.1 Å². The number of amides is 2. The van der Waals surface area contributed by atoms with Crippen LogP contribution in [0.2, 0.25) is 0 Å². The lowest BCUT2D eigenvalue weighted by Gasteiger charge is -2.60. The van der Waals surface area contributed by atoms with Crippen LogP contribution in [0.5, 0.6) is 0 Å². The third-order valence-electron chi connectivity index (χ3n) is 6.45. The molecule has 2 atom stereocenters. The molecule has 26 heavy (non-hydrogen) atoms. The quantitative estimate of drug-likeness (QED) is 0.734. The molecule has 4 aliphatic rings. The highest BCUT2D eigenvalue weighted by Gasteiger charge is 2.57. The van der Waals surface area contributed by atoms with Crippen molar-refractivity contribution in [2.75, 3.05) is 19.4 Å². The highest BCUT2D eigenvalue weighted by Crippen LogP contribution is 2.65. The average Bonchev–Trinajstić information content (AvgIpc) is 2.51. The number of hydrogen-bond donors (Lipinski definition) is 1. The topological polar surface area (TPSA) is 49.4 Å². The van der Waals surface area contributed by atoms with Gasteiger partial charge in [0.2, 0.25) is 5.91 Å². The minimum atomic E-state index is -0.0524. The molecule has 4 nitrogen and oxygen atoms in total. The second kappa shape index (κ2) is 6.36. The van der Waals surface area contributed by atoms with Gasteiger partial charge in [-0.25, -0.2) is 0 Å². The summed E-state index contributed by atoms with van der Waals surface area (Å²) in [4.78, 5) is 26.5. The zero-order valence-corrected chi connectivity index (χ0v) is 17.1. The number of alkyl halides is 1. The number of anilines is 1. The Kier molecular flexibility index (Phi) is 4.41. The lowest BCUT2D eigenvalue weighted by molar-refractivity contribution is -0.123. The normalized spacial score (nSPS) is 34.6. The van der Waals surface area contributed by atoms with Crippen molar-refractivity contribution in [3.8, 4) is 0 Å². The molecule has 0 heterocycles. The summed E-state index contributed by atoms with van der Waals surface area (Å²) < 4.78 is 0.273. The largest absolute Gasteiger partial charge is 0.345 e. The van der Waals surface area contributed by atoms with Gasteiger partial charge in [-0.3, -0.25) is 9.59 Å². The number of carbonyl (C=O) groups is 2. The first-order valence-electron chi connectivity index (χ1n) is 9.56. The molecular weight excluding hydrogens is 392 g/mol. The van der Waals surface area contributed by atoms with Gasteiger partial charge in [0.05, 0.1) is 0 Å². The summed E-state index contributed by atoms with van der Waals surface area (Å²) >= 11 is 4.01. The SMILES string of the molecule is CN(C)C(=O)c1cccc(NC(=O)CC23CC4CC(CC(Br)(C4)C2)C3)c1. The highest BCUT2D eigenvalue weighted by molar-refractivity contribution is 9.10. The van der Waals surface area contributed by atoms with Crippen LogP contribution in [0.4, 0.5) is 5.69 Å². The van der Waals surface area contributed by atoms with E-state index in [9.17, 15) is 9.59 Å². The van der Waals surface area contributed by atoms with Crippen molar-refractivity contribution in [2.45, 2.75) is 49.3 Å². The molecule has 0 aromatic heterocycles. The minimum absolute atomic E-state index is 0.0524. The number of hydrogen-bond acceptors (Lipinski definition) is 2. The molecule has 5 heteroatoms. The van der Waals surface area contributed by atoms with Crippen molar-refractivity contribution >= 4 is 33.4 Å². The number of carbonyl (C=O) groups excluding carboxylic acids is 2. The van der Waals surface area contributed by atoms with Crippen LogP contribution in [0.25, 0.3) is 0 Å². The van der Waals surface area contributed by atoms with Gasteiger partial charge in [0.25, 0.3) is 5.91 Å². The molecule has 5 rings (SSSR count). The first-order chi connectivity index (χ1) is 12.3. The summed E-state index contributed by atoms with van der Waals surface area (Å²) in [6.45, 7) is 0. The van der Waals surface area contributed by atoms with Crippen molar-refractivity contribution in [3.05, 3.63) is 29.8 Å². The van der Waals surface area contributed by atoms with Crippen molar-refractivity contribution in [2.24, 2.45) is 17.3 Å². The third kappa shape index (κ3) is 3.42. The van der Waals surface area contributed by atoms with E-state index in [0.717, 1.165) is 18.3 Å². The van der Waals surface area contributed by atoms with E-state index in [4.69, 9.17) is 0 Å². The summed E-state index contributed by atoms with van der Waals surface area (Å²) in [6.07, 6.45) is 8.03. The van der Waals surface area contributed by atoms with E-state index in [1.165, 1.54) is 32.1 Å². The molecule has 4 aliphatic carbocycles. The molecule has 2 unspecified atom stereocenters. The zero-order chi connectivity index (χ0) is 18.5. The van der Waals surface area contributed by atoms with Crippen LogP contribution in [0.1, 0.15) is 55.3 Å². The van der Waals surface area contributed by atoms with Crippen molar-refractivity contribution in [1.82, 2.24) is 4.90 Å². The Morgan fingerprint density at radius 1 is 1.19 bits per heavy atom. The fourth-order valence-corrected chi connectivity index (χ4v) is 7.59. The van der Waals surface area contributed by atoms with Crippen LogP contribution in [0, 0.1) is 17.3 Å². The smallest absolute Gasteiger partial charge is 0.253 e. The van der Waals surface area contributed by atoms with E-state index in [1.807, 2.05) is 12.1 Å². The maximum absolute atomic E-state index is 12.8. The maximum atomic E-state index is 12.8. The molecule has 140 valence electrons. The van der Waals surface area contributed by atoms with E-state index >= 15 is 0 Å². The van der Waals surface area contributed by atoms with Gasteiger partial charge in [0.15, 0.2) is 0 Å². The van der Waals surface area contributed by atoms with Crippen LogP contribution < -0.4 is 5.32 Å². The Labute approximate surface area is 163 Å². The van der Waals surface area contributed by atoms with Gasteiger partial charge in [-0.15, -0.1) is 0 Å². The molecule has 0 aliphatic heterocycles. The van der Waals surface area contributed by atoms with Crippen LogP contribution in [-0.4, -0.2) is 35.1 Å². The van der Waals surface area contributed by atoms with E-state index in [-0.39, 0.29) is 21.6 Å². The van der Waals surface area contributed by atoms with Crippen molar-refractivity contribution in [3.63, 3.8) is 0 Å². The number of halogens is 1. The zero-order valence-electron chi connectivity index (χ0n) is 15.6. The fourth-order valence-electron chi connectivity index (χ4n) is 6.08. The van der Waals surface area contributed by atoms with Gasteiger partial charge >= 0.3 is 0 Å². The van der Waals surface area contributed by atoms with Gasteiger partial charge in [-0.05, 0) is 74.0 Å². The Balaban J connectivity index is 1.45. The monoisotopic (exact) mass is 418 g/mol. The number of rotatable bonds is 4. The van der Waals surface area contributed by atoms with Crippen LogP contribution in [0.15, 0.2) is 24.3 Å². The molecule has 1 aromatic carbocycles. The first-order valence-corrected chi connectivity index (χ1v) is 10.4. The predicted molar refractivity (Wildman–Crippen MR) is 106 cm³/mol. The van der Waals surface area contributed by atoms with Crippen LogP contribution >= 0.6 is 15.9 Å². The second-order valence-electron chi connectivity index (χ2n) is 9.12. The molecule has 0 radical (unpaired) electrons. The van der Waals surface area contributed by atoms with Gasteiger partial charge in [0.1, 0.15) is 0 Å². The number of nitrogens with zero attached hydrogens (tertiary/aromatic N) is 1. The van der Waals surface area contributed by atoms with Crippen LogP contribution in [-0.2, 0) is 4.79 Å². The Morgan fingerprint density at radius 2 is 1.88 bits per heavy atom. The van der Waals surface area contributed by atoms with Gasteiger partial charge < -0.3 is 10.2 Å². The van der Waals surface area contributed by atoms with Gasteiger partial charge in [-0.1, -0.05) is 22.0 Å². The van der Waals surface area contributed by atoms with Gasteiger partial charge in [0, 0.05) is 36.1 Å². The summed E-state index contributed by atoms with van der Waals surface area (Å²) in [5.41, 5.74) is 1.47. The number of nitrogens with one attached hydrogen (secondary N) is 1. The Bertz CT molecular complexity index is 731. The van der Waals surface area contributed by atoms with E-state index in [2.05, 4.69) is 21.2 Å². The minimum Gasteiger partial charge on any atom is -0.345 e.